The van der Waals surface area contributed by atoms with Gasteiger partial charge in [-0.25, -0.2) is 0 Å². The molecule has 0 atom stereocenters. The van der Waals surface area contributed by atoms with Gasteiger partial charge in [-0.3, -0.25) is 0 Å². The molecule has 70 valence electrons. The standard InChI is InChI=1S/C11H16N2/c1-8-6-10(4-3-5-12)7-11(13)9(8)2/h3-4,6-7H,5,12-13H2,1-2H3/b4-3+. The van der Waals surface area contributed by atoms with Gasteiger partial charge >= 0.3 is 0 Å². The molecule has 0 aromatic heterocycles. The molecule has 0 aliphatic rings. The Hall–Kier alpha value is -1.28. The van der Waals surface area contributed by atoms with Gasteiger partial charge in [0.15, 0.2) is 0 Å². The van der Waals surface area contributed by atoms with Crippen molar-refractivity contribution >= 4 is 11.8 Å². The molecule has 1 aromatic rings. The molecule has 0 amide bonds. The maximum absolute atomic E-state index is 5.83. The second-order valence-corrected chi connectivity index (χ2v) is 3.19. The van der Waals surface area contributed by atoms with E-state index in [2.05, 4.69) is 13.0 Å². The third-order valence-corrected chi connectivity index (χ3v) is 2.18. The van der Waals surface area contributed by atoms with Crippen LogP contribution in [0.2, 0.25) is 0 Å². The molecule has 0 aliphatic carbocycles. The van der Waals surface area contributed by atoms with Crippen molar-refractivity contribution in [3.8, 4) is 0 Å². The van der Waals surface area contributed by atoms with Gasteiger partial charge < -0.3 is 11.5 Å². The summed E-state index contributed by atoms with van der Waals surface area (Å²) in [5.41, 5.74) is 15.5. The Balaban J connectivity index is 3.06. The van der Waals surface area contributed by atoms with Crippen molar-refractivity contribution in [3.05, 3.63) is 34.9 Å². The monoisotopic (exact) mass is 176 g/mol. The summed E-state index contributed by atoms with van der Waals surface area (Å²) < 4.78 is 0. The number of anilines is 1. The molecule has 1 aromatic carbocycles. The Morgan fingerprint density at radius 3 is 2.54 bits per heavy atom. The van der Waals surface area contributed by atoms with Crippen molar-refractivity contribution < 1.29 is 0 Å². The third kappa shape index (κ3) is 2.33. The molecule has 0 aliphatic heterocycles. The first kappa shape index (κ1) is 9.81. The van der Waals surface area contributed by atoms with E-state index in [0.717, 1.165) is 16.8 Å². The molecule has 13 heavy (non-hydrogen) atoms. The minimum Gasteiger partial charge on any atom is -0.398 e. The van der Waals surface area contributed by atoms with Crippen LogP contribution in [0.15, 0.2) is 18.2 Å². The Labute approximate surface area is 79.2 Å². The summed E-state index contributed by atoms with van der Waals surface area (Å²) in [6.45, 7) is 4.65. The van der Waals surface area contributed by atoms with Crippen molar-refractivity contribution in [2.24, 2.45) is 5.73 Å². The van der Waals surface area contributed by atoms with Crippen LogP contribution in [0.3, 0.4) is 0 Å². The molecule has 0 heterocycles. The zero-order chi connectivity index (χ0) is 9.84. The predicted octanol–water partition coefficient (Wildman–Crippen LogP) is 1.86. The summed E-state index contributed by atoms with van der Waals surface area (Å²) in [7, 11) is 0. The fourth-order valence-electron chi connectivity index (χ4n) is 1.22. The number of nitrogens with two attached hydrogens (primary N) is 2. The molecule has 4 N–H and O–H groups in total. The van der Waals surface area contributed by atoms with Crippen LogP contribution in [-0.2, 0) is 0 Å². The lowest BCUT2D eigenvalue weighted by Gasteiger charge is -2.05. The SMILES string of the molecule is Cc1cc(/C=C/CN)cc(N)c1C. The van der Waals surface area contributed by atoms with E-state index in [1.54, 1.807) is 0 Å². The van der Waals surface area contributed by atoms with Crippen LogP contribution < -0.4 is 11.5 Å². The average molecular weight is 176 g/mol. The van der Waals surface area contributed by atoms with Crippen molar-refractivity contribution in [2.45, 2.75) is 13.8 Å². The minimum atomic E-state index is 0.562. The van der Waals surface area contributed by atoms with E-state index >= 15 is 0 Å². The number of benzene rings is 1. The maximum atomic E-state index is 5.83. The van der Waals surface area contributed by atoms with Crippen LogP contribution in [0.5, 0.6) is 0 Å². The summed E-state index contributed by atoms with van der Waals surface area (Å²) >= 11 is 0. The van der Waals surface area contributed by atoms with E-state index < -0.39 is 0 Å². The molecule has 0 radical (unpaired) electrons. The fourth-order valence-corrected chi connectivity index (χ4v) is 1.22. The Bertz CT molecular complexity index is 304. The smallest absolute Gasteiger partial charge is 0.0352 e. The van der Waals surface area contributed by atoms with E-state index in [0.29, 0.717) is 6.54 Å². The highest BCUT2D eigenvalue weighted by Gasteiger charge is 1.98. The summed E-state index contributed by atoms with van der Waals surface area (Å²) in [5.74, 6) is 0. The highest BCUT2D eigenvalue weighted by Crippen LogP contribution is 2.18. The zero-order valence-corrected chi connectivity index (χ0v) is 8.17. The predicted molar refractivity (Wildman–Crippen MR) is 58.4 cm³/mol. The second kappa shape index (κ2) is 4.10. The van der Waals surface area contributed by atoms with Gasteiger partial charge in [-0.2, -0.15) is 0 Å². The largest absolute Gasteiger partial charge is 0.398 e. The van der Waals surface area contributed by atoms with Gasteiger partial charge in [0.25, 0.3) is 0 Å². The molecule has 0 saturated carbocycles. The van der Waals surface area contributed by atoms with Gasteiger partial charge in [0.1, 0.15) is 0 Å². The van der Waals surface area contributed by atoms with Crippen LogP contribution in [-0.4, -0.2) is 6.54 Å². The first-order valence-electron chi connectivity index (χ1n) is 4.38. The molecule has 0 saturated heterocycles. The van der Waals surface area contributed by atoms with Gasteiger partial charge in [0, 0.05) is 12.2 Å². The Morgan fingerprint density at radius 2 is 2.00 bits per heavy atom. The van der Waals surface area contributed by atoms with Crippen LogP contribution in [0.4, 0.5) is 5.69 Å². The molecule has 0 bridgehead atoms. The van der Waals surface area contributed by atoms with Crippen molar-refractivity contribution in [1.29, 1.82) is 0 Å². The number of hydrogen-bond acceptors (Lipinski definition) is 2. The lowest BCUT2D eigenvalue weighted by atomic mass is 10.0. The van der Waals surface area contributed by atoms with E-state index in [1.165, 1.54) is 5.56 Å². The van der Waals surface area contributed by atoms with E-state index in [4.69, 9.17) is 11.5 Å². The van der Waals surface area contributed by atoms with Gasteiger partial charge in [0.2, 0.25) is 0 Å². The van der Waals surface area contributed by atoms with E-state index in [-0.39, 0.29) is 0 Å². The number of nitrogen functional groups attached to an aromatic ring is 1. The van der Waals surface area contributed by atoms with Gasteiger partial charge in [-0.05, 0) is 36.6 Å². The lowest BCUT2D eigenvalue weighted by Crippen LogP contribution is -1.94. The molecule has 0 spiro atoms. The topological polar surface area (TPSA) is 52.0 Å². The summed E-state index contributed by atoms with van der Waals surface area (Å²) in [6.07, 6.45) is 3.91. The summed E-state index contributed by atoms with van der Waals surface area (Å²) in [6, 6.07) is 4.08. The van der Waals surface area contributed by atoms with Crippen molar-refractivity contribution in [3.63, 3.8) is 0 Å². The average Bonchev–Trinajstić information content (AvgIpc) is 2.10. The first-order chi connectivity index (χ1) is 6.15. The Morgan fingerprint density at radius 1 is 1.31 bits per heavy atom. The van der Waals surface area contributed by atoms with Crippen molar-refractivity contribution in [2.75, 3.05) is 12.3 Å². The normalized spacial score (nSPS) is 11.0. The van der Waals surface area contributed by atoms with E-state index in [9.17, 15) is 0 Å². The zero-order valence-electron chi connectivity index (χ0n) is 8.17. The van der Waals surface area contributed by atoms with Crippen LogP contribution in [0.25, 0.3) is 6.08 Å². The molecule has 2 nitrogen and oxygen atoms in total. The van der Waals surface area contributed by atoms with Crippen LogP contribution >= 0.6 is 0 Å². The number of hydrogen-bond donors (Lipinski definition) is 2. The molecular formula is C11H16N2. The van der Waals surface area contributed by atoms with Gasteiger partial charge in [-0.15, -0.1) is 0 Å². The Kier molecular flexibility index (Phi) is 3.09. The molecule has 0 fully saturated rings. The highest BCUT2D eigenvalue weighted by atomic mass is 14.6. The number of aryl methyl sites for hydroxylation is 1. The third-order valence-electron chi connectivity index (χ3n) is 2.18. The lowest BCUT2D eigenvalue weighted by molar-refractivity contribution is 1.26. The summed E-state index contributed by atoms with van der Waals surface area (Å²) in [4.78, 5) is 0. The highest BCUT2D eigenvalue weighted by molar-refractivity contribution is 5.61. The molecular weight excluding hydrogens is 160 g/mol. The first-order valence-corrected chi connectivity index (χ1v) is 4.38. The van der Waals surface area contributed by atoms with Crippen LogP contribution in [0, 0.1) is 13.8 Å². The minimum absolute atomic E-state index is 0.562. The fraction of sp³-hybridized carbons (Fsp3) is 0.273. The quantitative estimate of drug-likeness (QED) is 0.676. The van der Waals surface area contributed by atoms with Crippen LogP contribution in [0.1, 0.15) is 16.7 Å². The molecule has 0 unspecified atom stereocenters. The van der Waals surface area contributed by atoms with Gasteiger partial charge in [-0.1, -0.05) is 18.2 Å². The summed E-state index contributed by atoms with van der Waals surface area (Å²) in [5, 5.41) is 0. The molecule has 1 rings (SSSR count). The second-order valence-electron chi connectivity index (χ2n) is 3.19. The van der Waals surface area contributed by atoms with Gasteiger partial charge in [0.05, 0.1) is 0 Å². The van der Waals surface area contributed by atoms with E-state index in [1.807, 2.05) is 25.1 Å². The van der Waals surface area contributed by atoms with Crippen molar-refractivity contribution in [1.82, 2.24) is 0 Å². The number of rotatable bonds is 2. The molecule has 2 heteroatoms. The maximum Gasteiger partial charge on any atom is 0.0352 e.